The van der Waals surface area contributed by atoms with E-state index in [0.717, 1.165) is 30.4 Å². The lowest BCUT2D eigenvalue weighted by Gasteiger charge is -2.27. The molecule has 0 spiro atoms. The summed E-state index contributed by atoms with van der Waals surface area (Å²) in [5, 5.41) is 3.07. The first-order valence-electron chi connectivity index (χ1n) is 8.13. The van der Waals surface area contributed by atoms with Gasteiger partial charge in [0.05, 0.1) is 11.7 Å². The Balaban J connectivity index is 1.43. The number of hydrogen-bond acceptors (Lipinski definition) is 5. The van der Waals surface area contributed by atoms with Crippen molar-refractivity contribution in [2.75, 3.05) is 18.0 Å². The van der Waals surface area contributed by atoms with Gasteiger partial charge in [-0.2, -0.15) is 8.75 Å². The summed E-state index contributed by atoms with van der Waals surface area (Å²) < 4.78 is 8.36. The molecule has 1 aromatic heterocycles. The van der Waals surface area contributed by atoms with E-state index in [1.54, 1.807) is 6.07 Å². The lowest BCUT2D eigenvalue weighted by molar-refractivity contribution is 0.0951. The van der Waals surface area contributed by atoms with Crippen molar-refractivity contribution < 1.29 is 4.79 Å². The number of nitrogens with one attached hydrogen (secondary N) is 1. The number of carbonyl (C=O) groups excluding carboxylic acids is 1. The Kier molecular flexibility index (Phi) is 4.13. The van der Waals surface area contributed by atoms with Crippen LogP contribution in [0, 0.1) is 0 Å². The van der Waals surface area contributed by atoms with Gasteiger partial charge >= 0.3 is 0 Å². The molecule has 0 aliphatic carbocycles. The van der Waals surface area contributed by atoms with Crippen molar-refractivity contribution >= 4 is 34.4 Å². The molecule has 122 valence electrons. The number of carbonyl (C=O) groups is 1. The predicted octanol–water partition coefficient (Wildman–Crippen LogP) is 3.09. The highest BCUT2D eigenvalue weighted by atomic mass is 32.1. The van der Waals surface area contributed by atoms with Gasteiger partial charge in [-0.15, -0.1) is 0 Å². The Morgan fingerprint density at radius 1 is 1.17 bits per heavy atom. The van der Waals surface area contributed by atoms with E-state index in [1.807, 2.05) is 18.2 Å². The molecule has 4 rings (SSSR count). The number of nitrogens with zero attached hydrogens (tertiary/aromatic N) is 3. The van der Waals surface area contributed by atoms with Crippen LogP contribution in [0.4, 0.5) is 5.69 Å². The standard InChI is InChI=1S/C18H18N4OS/c23-18(13-8-9-16-17(11-13)21-24-20-16)19-12-15-7-4-10-22(15)14-5-2-1-3-6-14/h1-3,5-6,8-9,11,15H,4,7,10,12H2,(H,19,23)/t15-/m0/s1. The second kappa shape index (κ2) is 6.57. The number of para-hydroxylation sites is 1. The highest BCUT2D eigenvalue weighted by Gasteiger charge is 2.25. The molecule has 0 saturated carbocycles. The number of fused-ring (bicyclic) bond motifs is 1. The lowest BCUT2D eigenvalue weighted by Crippen LogP contribution is -2.40. The van der Waals surface area contributed by atoms with E-state index in [4.69, 9.17) is 0 Å². The monoisotopic (exact) mass is 338 g/mol. The summed E-state index contributed by atoms with van der Waals surface area (Å²) in [6.45, 7) is 1.70. The normalized spacial score (nSPS) is 17.3. The number of aromatic nitrogens is 2. The molecule has 1 aliphatic rings. The highest BCUT2D eigenvalue weighted by molar-refractivity contribution is 7.00. The van der Waals surface area contributed by atoms with Crippen molar-refractivity contribution in [3.63, 3.8) is 0 Å². The Hall–Kier alpha value is -2.47. The van der Waals surface area contributed by atoms with E-state index in [1.165, 1.54) is 17.4 Å². The van der Waals surface area contributed by atoms with Gasteiger partial charge in [0.2, 0.25) is 0 Å². The Bertz CT molecular complexity index is 848. The smallest absolute Gasteiger partial charge is 0.251 e. The molecule has 1 amide bonds. The molecule has 1 fully saturated rings. The van der Waals surface area contributed by atoms with Crippen molar-refractivity contribution in [2.24, 2.45) is 0 Å². The van der Waals surface area contributed by atoms with E-state index in [9.17, 15) is 4.79 Å². The number of hydrogen-bond donors (Lipinski definition) is 1. The summed E-state index contributed by atoms with van der Waals surface area (Å²) in [7, 11) is 0. The molecule has 0 unspecified atom stereocenters. The second-order valence-electron chi connectivity index (χ2n) is 6.00. The van der Waals surface area contributed by atoms with E-state index in [-0.39, 0.29) is 5.91 Å². The van der Waals surface area contributed by atoms with E-state index >= 15 is 0 Å². The molecule has 24 heavy (non-hydrogen) atoms. The first-order valence-corrected chi connectivity index (χ1v) is 8.86. The maximum absolute atomic E-state index is 12.4. The third-order valence-electron chi connectivity index (χ3n) is 4.48. The Morgan fingerprint density at radius 3 is 2.88 bits per heavy atom. The van der Waals surface area contributed by atoms with Crippen LogP contribution in [0.2, 0.25) is 0 Å². The molecule has 0 radical (unpaired) electrons. The molecule has 1 aliphatic heterocycles. The van der Waals surface area contributed by atoms with Crippen LogP contribution in [0.3, 0.4) is 0 Å². The molecule has 6 heteroatoms. The molecule has 0 bridgehead atoms. The van der Waals surface area contributed by atoms with Crippen LogP contribution in [0.15, 0.2) is 48.5 Å². The maximum atomic E-state index is 12.4. The van der Waals surface area contributed by atoms with Crippen LogP contribution in [0.1, 0.15) is 23.2 Å². The molecule has 5 nitrogen and oxygen atoms in total. The van der Waals surface area contributed by atoms with Gasteiger partial charge in [-0.05, 0) is 43.2 Å². The van der Waals surface area contributed by atoms with Gasteiger partial charge in [-0.25, -0.2) is 0 Å². The Morgan fingerprint density at radius 2 is 2.00 bits per heavy atom. The number of anilines is 1. The molecule has 1 atom stereocenters. The summed E-state index contributed by atoms with van der Waals surface area (Å²) in [5.74, 6) is -0.0511. The fourth-order valence-corrected chi connectivity index (χ4v) is 3.76. The maximum Gasteiger partial charge on any atom is 0.251 e. The van der Waals surface area contributed by atoms with E-state index in [0.29, 0.717) is 18.2 Å². The van der Waals surface area contributed by atoms with Crippen molar-refractivity contribution in [2.45, 2.75) is 18.9 Å². The zero-order valence-corrected chi connectivity index (χ0v) is 14.0. The Labute approximate surface area is 144 Å². The first-order chi connectivity index (χ1) is 11.8. The second-order valence-corrected chi connectivity index (χ2v) is 6.53. The van der Waals surface area contributed by atoms with E-state index < -0.39 is 0 Å². The fourth-order valence-electron chi connectivity index (χ4n) is 3.24. The molecular weight excluding hydrogens is 320 g/mol. The number of benzene rings is 2. The zero-order valence-electron chi connectivity index (χ0n) is 13.2. The minimum absolute atomic E-state index is 0.0511. The minimum atomic E-state index is -0.0511. The third-order valence-corrected chi connectivity index (χ3v) is 5.04. The van der Waals surface area contributed by atoms with Crippen LogP contribution >= 0.6 is 11.7 Å². The molecule has 2 heterocycles. The quantitative estimate of drug-likeness (QED) is 0.794. The van der Waals surface area contributed by atoms with Crippen LogP contribution in [0.5, 0.6) is 0 Å². The van der Waals surface area contributed by atoms with Gasteiger partial charge < -0.3 is 10.2 Å². The number of amides is 1. The minimum Gasteiger partial charge on any atom is -0.367 e. The van der Waals surface area contributed by atoms with Gasteiger partial charge in [0.1, 0.15) is 11.0 Å². The number of rotatable bonds is 4. The lowest BCUT2D eigenvalue weighted by atomic mass is 10.1. The summed E-state index contributed by atoms with van der Waals surface area (Å²) in [5.41, 5.74) is 3.48. The van der Waals surface area contributed by atoms with E-state index in [2.05, 4.69) is 43.2 Å². The van der Waals surface area contributed by atoms with Crippen molar-refractivity contribution in [1.29, 1.82) is 0 Å². The molecule has 2 aromatic carbocycles. The summed E-state index contributed by atoms with van der Waals surface area (Å²) in [4.78, 5) is 14.8. The van der Waals surface area contributed by atoms with Gasteiger partial charge in [-0.3, -0.25) is 4.79 Å². The average molecular weight is 338 g/mol. The zero-order chi connectivity index (χ0) is 16.4. The summed E-state index contributed by atoms with van der Waals surface area (Å²) in [6, 6.07) is 16.2. The molecule has 1 saturated heterocycles. The predicted molar refractivity (Wildman–Crippen MR) is 96.6 cm³/mol. The first kappa shape index (κ1) is 15.1. The van der Waals surface area contributed by atoms with Gasteiger partial charge in [-0.1, -0.05) is 18.2 Å². The van der Waals surface area contributed by atoms with Gasteiger partial charge in [0, 0.05) is 30.4 Å². The van der Waals surface area contributed by atoms with Gasteiger partial charge in [0.15, 0.2) is 0 Å². The van der Waals surface area contributed by atoms with Crippen LogP contribution in [-0.4, -0.2) is 33.8 Å². The summed E-state index contributed by atoms with van der Waals surface area (Å²) >= 11 is 1.17. The van der Waals surface area contributed by atoms with Crippen molar-refractivity contribution in [3.8, 4) is 0 Å². The highest BCUT2D eigenvalue weighted by Crippen LogP contribution is 2.24. The van der Waals surface area contributed by atoms with Crippen LogP contribution in [0.25, 0.3) is 11.0 Å². The van der Waals surface area contributed by atoms with Crippen molar-refractivity contribution in [1.82, 2.24) is 14.1 Å². The largest absolute Gasteiger partial charge is 0.367 e. The molecule has 1 N–H and O–H groups in total. The summed E-state index contributed by atoms with van der Waals surface area (Å²) in [6.07, 6.45) is 2.26. The van der Waals surface area contributed by atoms with Gasteiger partial charge in [0.25, 0.3) is 5.91 Å². The SMILES string of the molecule is O=C(NC[C@@H]1CCCN1c1ccccc1)c1ccc2nsnc2c1. The van der Waals surface area contributed by atoms with Crippen molar-refractivity contribution in [3.05, 3.63) is 54.1 Å². The van der Waals surface area contributed by atoms with Crippen LogP contribution in [-0.2, 0) is 0 Å². The van der Waals surface area contributed by atoms with Crippen LogP contribution < -0.4 is 10.2 Å². The topological polar surface area (TPSA) is 58.1 Å². The fraction of sp³-hybridized carbons (Fsp3) is 0.278. The molecular formula is C18H18N4OS. The molecule has 3 aromatic rings. The average Bonchev–Trinajstić information content (AvgIpc) is 3.28. The third kappa shape index (κ3) is 2.97.